The van der Waals surface area contributed by atoms with Crippen molar-refractivity contribution in [2.45, 2.75) is 4.90 Å². The summed E-state index contributed by atoms with van der Waals surface area (Å²) in [6, 6.07) is 14.5. The number of anilines is 2. The molecule has 156 valence electrons. The maximum Gasteiger partial charge on any atom is 0.294 e. The molecule has 0 fully saturated rings. The quantitative estimate of drug-likeness (QED) is 0.330. The molecule has 0 amide bonds. The molecule has 0 atom stereocenters. The average molecular weight is 454 g/mol. The van der Waals surface area contributed by atoms with Crippen LogP contribution in [0.2, 0.25) is 0 Å². The molecule has 0 spiro atoms. The summed E-state index contributed by atoms with van der Waals surface area (Å²) >= 11 is 1.50. The van der Waals surface area contributed by atoms with E-state index in [1.54, 1.807) is 24.5 Å². The van der Waals surface area contributed by atoms with Gasteiger partial charge in [-0.1, -0.05) is 12.1 Å². The molecule has 0 bridgehead atoms. The van der Waals surface area contributed by atoms with Gasteiger partial charge in [0.15, 0.2) is 0 Å². The first-order chi connectivity index (χ1) is 14.8. The van der Waals surface area contributed by atoms with Crippen molar-refractivity contribution >= 4 is 38.4 Å². The molecule has 0 saturated heterocycles. The molecule has 31 heavy (non-hydrogen) atoms. The zero-order valence-electron chi connectivity index (χ0n) is 15.8. The number of thiazole rings is 1. The molecule has 0 aliphatic carbocycles. The molecular formula is C20H15N5O4S2. The van der Waals surface area contributed by atoms with Crippen LogP contribution in [0.15, 0.2) is 77.3 Å². The lowest BCUT2D eigenvalue weighted by Crippen LogP contribution is -2.12. The maximum atomic E-state index is 11.5. The molecule has 4 rings (SSSR count). The molecule has 11 heteroatoms. The molecule has 2 aromatic carbocycles. The van der Waals surface area contributed by atoms with E-state index in [0.29, 0.717) is 5.69 Å². The van der Waals surface area contributed by atoms with Gasteiger partial charge in [0, 0.05) is 40.7 Å². The van der Waals surface area contributed by atoms with Gasteiger partial charge in [0.05, 0.1) is 15.5 Å². The highest BCUT2D eigenvalue weighted by molar-refractivity contribution is 7.89. The van der Waals surface area contributed by atoms with Crippen molar-refractivity contribution in [3.63, 3.8) is 0 Å². The summed E-state index contributed by atoms with van der Waals surface area (Å²) in [6.45, 7) is 0. The largest absolute Gasteiger partial charge is 0.350 e. The van der Waals surface area contributed by atoms with Gasteiger partial charge in [-0.3, -0.25) is 15.1 Å². The van der Waals surface area contributed by atoms with Crippen LogP contribution in [0.25, 0.3) is 21.8 Å². The van der Waals surface area contributed by atoms with Crippen LogP contribution in [0.1, 0.15) is 0 Å². The Morgan fingerprint density at radius 1 is 1.03 bits per heavy atom. The second kappa shape index (κ2) is 8.22. The van der Waals surface area contributed by atoms with Crippen LogP contribution in [-0.2, 0) is 10.0 Å². The topological polar surface area (TPSA) is 141 Å². The van der Waals surface area contributed by atoms with E-state index in [1.807, 2.05) is 29.6 Å². The third kappa shape index (κ3) is 4.58. The number of nitrogens with two attached hydrogens (primary N) is 1. The van der Waals surface area contributed by atoms with Crippen LogP contribution in [0.3, 0.4) is 0 Å². The first-order valence-electron chi connectivity index (χ1n) is 8.86. The molecule has 0 aliphatic rings. The smallest absolute Gasteiger partial charge is 0.294 e. The highest BCUT2D eigenvalue weighted by atomic mass is 32.2. The second-order valence-corrected chi connectivity index (χ2v) is 8.88. The van der Waals surface area contributed by atoms with Gasteiger partial charge < -0.3 is 5.32 Å². The van der Waals surface area contributed by atoms with E-state index in [9.17, 15) is 18.5 Å². The van der Waals surface area contributed by atoms with Gasteiger partial charge in [0.2, 0.25) is 10.0 Å². The Labute approximate surface area is 181 Å². The zero-order valence-corrected chi connectivity index (χ0v) is 17.4. The lowest BCUT2D eigenvalue weighted by molar-refractivity contribution is -0.384. The van der Waals surface area contributed by atoms with E-state index in [0.717, 1.165) is 27.9 Å². The van der Waals surface area contributed by atoms with Gasteiger partial charge in [-0.25, -0.2) is 18.5 Å². The van der Waals surface area contributed by atoms with Crippen molar-refractivity contribution in [2.75, 3.05) is 5.32 Å². The number of benzene rings is 2. The van der Waals surface area contributed by atoms with Crippen molar-refractivity contribution in [1.82, 2.24) is 9.97 Å². The third-order valence-corrected chi connectivity index (χ3v) is 6.17. The number of hydrogen-bond donors (Lipinski definition) is 2. The molecule has 9 nitrogen and oxygen atoms in total. The van der Waals surface area contributed by atoms with Crippen LogP contribution in [0, 0.1) is 10.1 Å². The second-order valence-electron chi connectivity index (χ2n) is 6.46. The van der Waals surface area contributed by atoms with Crippen LogP contribution < -0.4 is 10.5 Å². The zero-order chi connectivity index (χ0) is 22.0. The minimum atomic E-state index is -4.06. The molecule has 2 aromatic heterocycles. The molecular weight excluding hydrogens is 438 g/mol. The van der Waals surface area contributed by atoms with E-state index in [4.69, 9.17) is 5.14 Å². The molecule has 2 heterocycles. The van der Waals surface area contributed by atoms with Crippen LogP contribution >= 0.6 is 11.3 Å². The van der Waals surface area contributed by atoms with Gasteiger partial charge in [-0.2, -0.15) is 0 Å². The highest BCUT2D eigenvalue weighted by Crippen LogP contribution is 2.33. The van der Waals surface area contributed by atoms with Gasteiger partial charge in [-0.15, -0.1) is 11.3 Å². The summed E-state index contributed by atoms with van der Waals surface area (Å²) in [6.07, 6.45) is 3.41. The third-order valence-electron chi connectivity index (χ3n) is 4.36. The monoisotopic (exact) mass is 453 g/mol. The summed E-state index contributed by atoms with van der Waals surface area (Å²) in [5.74, 6) is 0. The summed E-state index contributed by atoms with van der Waals surface area (Å²) in [5.41, 5.74) is 2.88. The number of nitro groups is 1. The number of pyridine rings is 1. The number of nitro benzene ring substituents is 1. The molecule has 0 saturated carbocycles. The minimum absolute atomic E-state index is 0.144. The standard InChI is InChI=1S/C20H15N5O4S2/c21-31(28,29)16-4-5-17(19(11-16)25(26)27)23-15-3-1-2-14(10-15)18-12-30-20(24-18)13-6-8-22-9-7-13/h1-12,23H,(H2,21,28,29). The first kappa shape index (κ1) is 20.6. The molecule has 0 unspecified atom stereocenters. The van der Waals surface area contributed by atoms with Gasteiger partial charge in [-0.05, 0) is 36.4 Å². The Bertz CT molecular complexity index is 1370. The summed E-state index contributed by atoms with van der Waals surface area (Å²) in [7, 11) is -4.06. The van der Waals surface area contributed by atoms with E-state index in [-0.39, 0.29) is 10.6 Å². The van der Waals surface area contributed by atoms with E-state index in [2.05, 4.69) is 15.3 Å². The number of sulfonamides is 1. The Balaban J connectivity index is 1.64. The molecule has 4 aromatic rings. The number of rotatable bonds is 6. The maximum absolute atomic E-state index is 11.5. The summed E-state index contributed by atoms with van der Waals surface area (Å²) in [5, 5.41) is 22.3. The molecule has 3 N–H and O–H groups in total. The normalized spacial score (nSPS) is 11.3. The van der Waals surface area contributed by atoms with Gasteiger partial charge in [0.25, 0.3) is 5.69 Å². The Morgan fingerprint density at radius 3 is 2.52 bits per heavy atom. The predicted octanol–water partition coefficient (Wildman–Crippen LogP) is 4.17. The van der Waals surface area contributed by atoms with Crippen molar-refractivity contribution < 1.29 is 13.3 Å². The van der Waals surface area contributed by atoms with E-state index >= 15 is 0 Å². The first-order valence-corrected chi connectivity index (χ1v) is 11.3. The Kier molecular flexibility index (Phi) is 5.46. The summed E-state index contributed by atoms with van der Waals surface area (Å²) in [4.78, 5) is 19.1. The van der Waals surface area contributed by atoms with Crippen LogP contribution in [0.4, 0.5) is 17.1 Å². The number of primary sulfonamides is 1. The Morgan fingerprint density at radius 2 is 1.81 bits per heavy atom. The molecule has 0 aliphatic heterocycles. The Hall–Kier alpha value is -3.67. The highest BCUT2D eigenvalue weighted by Gasteiger charge is 2.19. The van der Waals surface area contributed by atoms with Crippen molar-refractivity contribution in [1.29, 1.82) is 0 Å². The van der Waals surface area contributed by atoms with Crippen molar-refractivity contribution in [2.24, 2.45) is 5.14 Å². The number of nitrogens with one attached hydrogen (secondary N) is 1. The summed E-state index contributed by atoms with van der Waals surface area (Å²) < 4.78 is 23.0. The SMILES string of the molecule is NS(=O)(=O)c1ccc(Nc2cccc(-c3csc(-c4ccncc4)n3)c2)c([N+](=O)[O-])c1. The number of nitrogens with zero attached hydrogens (tertiary/aromatic N) is 3. The fourth-order valence-electron chi connectivity index (χ4n) is 2.89. The average Bonchev–Trinajstić information content (AvgIpc) is 3.24. The lowest BCUT2D eigenvalue weighted by atomic mass is 10.1. The number of aromatic nitrogens is 2. The van der Waals surface area contributed by atoms with E-state index < -0.39 is 20.6 Å². The number of hydrogen-bond acceptors (Lipinski definition) is 8. The van der Waals surface area contributed by atoms with Crippen LogP contribution in [0.5, 0.6) is 0 Å². The van der Waals surface area contributed by atoms with Crippen LogP contribution in [-0.4, -0.2) is 23.3 Å². The van der Waals surface area contributed by atoms with Gasteiger partial charge in [0.1, 0.15) is 10.7 Å². The fraction of sp³-hybridized carbons (Fsp3) is 0. The molecule has 0 radical (unpaired) electrons. The van der Waals surface area contributed by atoms with Crippen molar-refractivity contribution in [3.05, 3.63) is 82.5 Å². The van der Waals surface area contributed by atoms with E-state index in [1.165, 1.54) is 23.5 Å². The van der Waals surface area contributed by atoms with Gasteiger partial charge >= 0.3 is 0 Å². The fourth-order valence-corrected chi connectivity index (χ4v) is 4.26. The lowest BCUT2D eigenvalue weighted by Gasteiger charge is -2.09. The predicted molar refractivity (Wildman–Crippen MR) is 119 cm³/mol. The minimum Gasteiger partial charge on any atom is -0.350 e. The van der Waals surface area contributed by atoms with Crippen molar-refractivity contribution in [3.8, 4) is 21.8 Å².